The summed E-state index contributed by atoms with van der Waals surface area (Å²) in [6.45, 7) is 6.50. The summed E-state index contributed by atoms with van der Waals surface area (Å²) in [5.74, 6) is -0.392. The summed E-state index contributed by atoms with van der Waals surface area (Å²) >= 11 is 0. The minimum absolute atomic E-state index is 0.168. The van der Waals surface area contributed by atoms with Crippen molar-refractivity contribution < 1.29 is 14.6 Å². The van der Waals surface area contributed by atoms with E-state index >= 15 is 0 Å². The number of nitriles is 1. The van der Waals surface area contributed by atoms with Crippen LogP contribution in [-0.2, 0) is 9.53 Å². The number of aliphatic hydroxyl groups excluding tert-OH is 1. The molecule has 0 aromatic rings. The second-order valence-electron chi connectivity index (χ2n) is 6.40. The average Bonchev–Trinajstić information content (AvgIpc) is 2.44. The Morgan fingerprint density at radius 1 is 1.60 bits per heavy atom. The van der Waals surface area contributed by atoms with E-state index in [2.05, 4.69) is 11.4 Å². The lowest BCUT2D eigenvalue weighted by molar-refractivity contribution is -0.176. The third-order valence-electron chi connectivity index (χ3n) is 5.23. The molecule has 2 fully saturated rings. The Morgan fingerprint density at radius 3 is 2.90 bits per heavy atom. The standard InChI is InChI=1S/C15H24N2O3/c1-4-20-13(19)15-6-5-12(18)14(3,8-16)11(15)7-10(2)17-9-15/h10-12,17-18H,4-7,9H2,1-3H3/t10-,11-,12?,14+,15-/m0/s1. The highest BCUT2D eigenvalue weighted by molar-refractivity contribution is 5.78. The molecule has 2 aliphatic rings. The Hall–Kier alpha value is -1.12. The SMILES string of the molecule is CCOC(=O)[C@]12CCC(O)[C@](C)(C#N)[C@@H]1C[C@H](C)NC2. The molecule has 0 amide bonds. The monoisotopic (exact) mass is 280 g/mol. The first kappa shape index (κ1) is 15.3. The highest BCUT2D eigenvalue weighted by atomic mass is 16.5. The number of carbonyl (C=O) groups is 1. The lowest BCUT2D eigenvalue weighted by Gasteiger charge is -2.54. The molecule has 0 bridgehead atoms. The molecule has 0 aromatic heterocycles. The first-order chi connectivity index (χ1) is 9.40. The smallest absolute Gasteiger partial charge is 0.313 e. The van der Waals surface area contributed by atoms with E-state index in [4.69, 9.17) is 4.74 Å². The largest absolute Gasteiger partial charge is 0.466 e. The zero-order chi connectivity index (χ0) is 15.0. The Kier molecular flexibility index (Phi) is 4.08. The number of hydrogen-bond acceptors (Lipinski definition) is 5. The van der Waals surface area contributed by atoms with Crippen LogP contribution in [0, 0.1) is 28.1 Å². The van der Waals surface area contributed by atoms with E-state index < -0.39 is 16.9 Å². The number of rotatable bonds is 2. The molecular weight excluding hydrogens is 256 g/mol. The van der Waals surface area contributed by atoms with Crippen LogP contribution in [0.1, 0.15) is 40.0 Å². The van der Waals surface area contributed by atoms with Crippen LogP contribution in [0.25, 0.3) is 0 Å². The van der Waals surface area contributed by atoms with Crippen molar-refractivity contribution in [3.05, 3.63) is 0 Å². The maximum absolute atomic E-state index is 12.5. The van der Waals surface area contributed by atoms with Crippen molar-refractivity contribution in [2.45, 2.75) is 52.2 Å². The summed E-state index contributed by atoms with van der Waals surface area (Å²) in [5, 5.41) is 23.2. The van der Waals surface area contributed by atoms with Crippen molar-refractivity contribution in [2.75, 3.05) is 13.2 Å². The normalized spacial score (nSPS) is 44.2. The van der Waals surface area contributed by atoms with Crippen molar-refractivity contribution in [1.29, 1.82) is 5.26 Å². The molecule has 5 nitrogen and oxygen atoms in total. The first-order valence-corrected chi connectivity index (χ1v) is 7.40. The molecule has 1 saturated heterocycles. The number of aliphatic hydroxyl groups is 1. The topological polar surface area (TPSA) is 82.3 Å². The number of fused-ring (bicyclic) bond motifs is 1. The summed E-state index contributed by atoms with van der Waals surface area (Å²) in [4.78, 5) is 12.5. The van der Waals surface area contributed by atoms with Crippen LogP contribution in [-0.4, -0.2) is 36.4 Å². The summed E-state index contributed by atoms with van der Waals surface area (Å²) in [7, 11) is 0. The molecule has 2 N–H and O–H groups in total. The van der Waals surface area contributed by atoms with Gasteiger partial charge in [-0.25, -0.2) is 0 Å². The molecule has 1 heterocycles. The predicted molar refractivity (Wildman–Crippen MR) is 73.6 cm³/mol. The number of carbonyl (C=O) groups excluding carboxylic acids is 1. The van der Waals surface area contributed by atoms with E-state index in [9.17, 15) is 15.2 Å². The molecule has 1 saturated carbocycles. The van der Waals surface area contributed by atoms with Crippen molar-refractivity contribution in [3.8, 4) is 6.07 Å². The fourth-order valence-electron chi connectivity index (χ4n) is 3.89. The van der Waals surface area contributed by atoms with E-state index in [1.165, 1.54) is 0 Å². The van der Waals surface area contributed by atoms with Crippen LogP contribution in [0.3, 0.4) is 0 Å². The fraction of sp³-hybridized carbons (Fsp3) is 0.867. The van der Waals surface area contributed by atoms with Crippen LogP contribution < -0.4 is 5.32 Å². The molecule has 2 rings (SSSR count). The molecule has 1 aliphatic carbocycles. The maximum atomic E-state index is 12.5. The van der Waals surface area contributed by atoms with Gasteiger partial charge in [-0.05, 0) is 46.0 Å². The van der Waals surface area contributed by atoms with Crippen LogP contribution in [0.4, 0.5) is 0 Å². The van der Waals surface area contributed by atoms with Gasteiger partial charge in [0.15, 0.2) is 0 Å². The molecule has 20 heavy (non-hydrogen) atoms. The zero-order valence-corrected chi connectivity index (χ0v) is 12.5. The van der Waals surface area contributed by atoms with Gasteiger partial charge < -0.3 is 15.2 Å². The Bertz CT molecular complexity index is 429. The molecular formula is C15H24N2O3. The Labute approximate surface area is 120 Å². The van der Waals surface area contributed by atoms with Gasteiger partial charge in [0.25, 0.3) is 0 Å². The van der Waals surface area contributed by atoms with Gasteiger partial charge in [0.1, 0.15) is 0 Å². The van der Waals surface area contributed by atoms with Gasteiger partial charge in [-0.3, -0.25) is 4.79 Å². The number of piperidine rings is 1. The predicted octanol–water partition coefficient (Wildman–Crippen LogP) is 1.22. The highest BCUT2D eigenvalue weighted by Gasteiger charge is 2.61. The van der Waals surface area contributed by atoms with E-state index in [-0.39, 0.29) is 17.9 Å². The number of hydrogen-bond donors (Lipinski definition) is 2. The van der Waals surface area contributed by atoms with Crippen molar-refractivity contribution in [2.24, 2.45) is 16.7 Å². The van der Waals surface area contributed by atoms with E-state index in [0.717, 1.165) is 0 Å². The summed E-state index contributed by atoms with van der Waals surface area (Å²) in [5.41, 5.74) is -1.56. The molecule has 1 unspecified atom stereocenters. The van der Waals surface area contributed by atoms with Crippen LogP contribution in [0.2, 0.25) is 0 Å². The minimum atomic E-state index is -0.888. The van der Waals surface area contributed by atoms with Crippen molar-refractivity contribution >= 4 is 5.97 Å². The van der Waals surface area contributed by atoms with E-state index in [1.807, 2.05) is 6.92 Å². The quantitative estimate of drug-likeness (QED) is 0.743. The zero-order valence-electron chi connectivity index (χ0n) is 12.5. The lowest BCUT2D eigenvalue weighted by Crippen LogP contribution is -2.63. The Morgan fingerprint density at radius 2 is 2.30 bits per heavy atom. The third kappa shape index (κ3) is 2.11. The average molecular weight is 280 g/mol. The number of nitrogens with zero attached hydrogens (tertiary/aromatic N) is 1. The van der Waals surface area contributed by atoms with Crippen LogP contribution in [0.5, 0.6) is 0 Å². The van der Waals surface area contributed by atoms with Gasteiger partial charge in [-0.15, -0.1) is 0 Å². The molecule has 0 radical (unpaired) electrons. The molecule has 0 aromatic carbocycles. The van der Waals surface area contributed by atoms with Gasteiger partial charge in [0, 0.05) is 12.6 Å². The van der Waals surface area contributed by atoms with Crippen LogP contribution in [0.15, 0.2) is 0 Å². The summed E-state index contributed by atoms with van der Waals surface area (Å²) in [6.07, 6.45) is 1.08. The molecule has 112 valence electrons. The van der Waals surface area contributed by atoms with Gasteiger partial charge in [0.05, 0.1) is 29.6 Å². The van der Waals surface area contributed by atoms with E-state index in [1.54, 1.807) is 13.8 Å². The summed E-state index contributed by atoms with van der Waals surface area (Å²) in [6, 6.07) is 2.52. The number of esters is 1. The van der Waals surface area contributed by atoms with Crippen LogP contribution >= 0.6 is 0 Å². The number of nitrogens with one attached hydrogen (secondary N) is 1. The Balaban J connectivity index is 2.42. The number of ether oxygens (including phenoxy) is 1. The van der Waals surface area contributed by atoms with Gasteiger partial charge >= 0.3 is 5.97 Å². The van der Waals surface area contributed by atoms with E-state index in [0.29, 0.717) is 32.4 Å². The minimum Gasteiger partial charge on any atom is -0.466 e. The molecule has 5 atom stereocenters. The summed E-state index contributed by atoms with van der Waals surface area (Å²) < 4.78 is 5.28. The van der Waals surface area contributed by atoms with Gasteiger partial charge in [-0.2, -0.15) is 5.26 Å². The van der Waals surface area contributed by atoms with Crippen molar-refractivity contribution in [1.82, 2.24) is 5.32 Å². The second-order valence-corrected chi connectivity index (χ2v) is 6.40. The lowest BCUT2D eigenvalue weighted by atomic mass is 9.51. The molecule has 5 heteroatoms. The van der Waals surface area contributed by atoms with Gasteiger partial charge in [-0.1, -0.05) is 0 Å². The van der Waals surface area contributed by atoms with Gasteiger partial charge in [0.2, 0.25) is 0 Å². The fourth-order valence-corrected chi connectivity index (χ4v) is 3.89. The second kappa shape index (κ2) is 5.34. The van der Waals surface area contributed by atoms with Crippen molar-refractivity contribution in [3.63, 3.8) is 0 Å². The molecule has 0 spiro atoms. The molecule has 1 aliphatic heterocycles. The third-order valence-corrected chi connectivity index (χ3v) is 5.23. The maximum Gasteiger partial charge on any atom is 0.313 e. The highest BCUT2D eigenvalue weighted by Crippen LogP contribution is 2.55. The first-order valence-electron chi connectivity index (χ1n) is 7.40.